The molecule has 84 heavy (non-hydrogen) atoms. The summed E-state index contributed by atoms with van der Waals surface area (Å²) in [5.74, 6) is 0.151. The van der Waals surface area contributed by atoms with Gasteiger partial charge in [-0.1, -0.05) is 148 Å². The van der Waals surface area contributed by atoms with Crippen LogP contribution in [0.2, 0.25) is 0 Å². The summed E-state index contributed by atoms with van der Waals surface area (Å²) < 4.78 is 39.1. The molecule has 1 aromatic heterocycles. The molecule has 1 aliphatic carbocycles. The molecule has 2 aliphatic rings. The van der Waals surface area contributed by atoms with Crippen LogP contribution in [0, 0.1) is 5.41 Å². The van der Waals surface area contributed by atoms with E-state index in [0.717, 1.165) is 122 Å². The second-order valence-corrected chi connectivity index (χ2v) is 23.4. The van der Waals surface area contributed by atoms with Crippen molar-refractivity contribution in [2.45, 2.75) is 65.2 Å². The third kappa shape index (κ3) is 13.2. The van der Waals surface area contributed by atoms with Crippen molar-refractivity contribution in [2.24, 2.45) is 15.6 Å². The molecule has 0 bridgehead atoms. The summed E-state index contributed by atoms with van der Waals surface area (Å²) in [6, 6.07) is 54.4. The van der Waals surface area contributed by atoms with E-state index in [-0.39, 0.29) is 23.3 Å². The van der Waals surface area contributed by atoms with Crippen molar-refractivity contribution in [1.82, 2.24) is 0 Å². The first-order valence-corrected chi connectivity index (χ1v) is 30.6. The highest BCUT2D eigenvalue weighted by atomic mass is 79.9. The van der Waals surface area contributed by atoms with Gasteiger partial charge in [0.05, 0.1) is 57.5 Å². The zero-order chi connectivity index (χ0) is 57.8. The lowest BCUT2D eigenvalue weighted by molar-refractivity contribution is -0.150. The number of hydrogen-bond donors (Lipinski definition) is 0. The van der Waals surface area contributed by atoms with Crippen molar-refractivity contribution in [1.29, 1.82) is 0 Å². The molecule has 426 valence electrons. The molecule has 1 saturated heterocycles. The summed E-state index contributed by atoms with van der Waals surface area (Å²) in [6.07, 6.45) is 12.8. The summed E-state index contributed by atoms with van der Waals surface area (Å²) in [7, 11) is 1.56. The second kappa shape index (κ2) is 27.1. The lowest BCUT2D eigenvalue weighted by Gasteiger charge is -2.40. The van der Waals surface area contributed by atoms with Crippen LogP contribution in [0.1, 0.15) is 112 Å². The third-order valence-corrected chi connectivity index (χ3v) is 17.8. The van der Waals surface area contributed by atoms with Crippen molar-refractivity contribution < 1.29 is 38.0 Å². The number of halogens is 1. The number of nitrogens with zero attached hydrogens (tertiary/aromatic N) is 2. The predicted molar refractivity (Wildman–Crippen MR) is 344 cm³/mol. The summed E-state index contributed by atoms with van der Waals surface area (Å²) in [5.41, 5.74) is 11.9. The van der Waals surface area contributed by atoms with Crippen molar-refractivity contribution in [3.8, 4) is 39.5 Å². The Labute approximate surface area is 503 Å². The molecule has 9 aromatic rings. The van der Waals surface area contributed by atoms with Crippen molar-refractivity contribution >= 4 is 83.5 Å². The van der Waals surface area contributed by atoms with Crippen LogP contribution < -0.4 is 14.2 Å². The molecular weight excluding hydrogens is 1130 g/mol. The Morgan fingerprint density at radius 2 is 1.35 bits per heavy atom. The molecule has 1 aliphatic heterocycles. The number of aryl methyl sites for hydroxylation is 1. The van der Waals surface area contributed by atoms with Crippen molar-refractivity contribution in [3.05, 3.63) is 218 Å². The topological polar surface area (TPSA) is 114 Å². The van der Waals surface area contributed by atoms with E-state index in [0.29, 0.717) is 45.7 Å². The Kier molecular flexibility index (Phi) is 18.7. The summed E-state index contributed by atoms with van der Waals surface area (Å²) in [5, 5.41) is 12.1. The Morgan fingerprint density at radius 1 is 0.655 bits per heavy atom. The molecule has 8 aromatic carbocycles. The molecule has 0 amide bonds. The smallest absolute Gasteiger partial charge is 0.343 e. The molecule has 0 spiro atoms. The van der Waals surface area contributed by atoms with E-state index in [9.17, 15) is 9.59 Å². The van der Waals surface area contributed by atoms with E-state index >= 15 is 0 Å². The van der Waals surface area contributed by atoms with Crippen molar-refractivity contribution in [3.63, 3.8) is 0 Å². The van der Waals surface area contributed by atoms with E-state index in [1.807, 2.05) is 78.9 Å². The average molecular weight is 1200 g/mol. The molecule has 0 saturated carbocycles. The minimum absolute atomic E-state index is 0.0803. The summed E-state index contributed by atoms with van der Waals surface area (Å²) in [6.45, 7) is 7.98. The van der Waals surface area contributed by atoms with Gasteiger partial charge in [-0.15, -0.1) is 16.4 Å². The number of esters is 2. The van der Waals surface area contributed by atoms with Gasteiger partial charge in [0.2, 0.25) is 0 Å². The highest BCUT2D eigenvalue weighted by molar-refractivity contribution is 9.10. The monoisotopic (exact) mass is 1200 g/mol. The maximum absolute atomic E-state index is 14.7. The van der Waals surface area contributed by atoms with Crippen LogP contribution in [-0.4, -0.2) is 70.6 Å². The SMILES string of the molecule is CCCc1ccc(C(=O)OCCc2cc(/C=N/N=C3c4ccccc4-c4ccccc43)c(OC(=O)c3ccc(OCCCCCCOCC4(CC)COC4)c(OC)c3)c(/C=C/c3ccc(-c4ccc5c(c4)sc4ccccc45)cc3)c2Br)cc1. The van der Waals surface area contributed by atoms with E-state index in [2.05, 4.69) is 109 Å². The molecule has 0 radical (unpaired) electrons. The van der Waals surface area contributed by atoms with Crippen LogP contribution in [-0.2, 0) is 27.1 Å². The number of methoxy groups -OCH3 is 1. The highest BCUT2D eigenvalue weighted by Crippen LogP contribution is 2.41. The summed E-state index contributed by atoms with van der Waals surface area (Å²) >= 11 is 5.75. The summed E-state index contributed by atoms with van der Waals surface area (Å²) in [4.78, 5) is 28.1. The van der Waals surface area contributed by atoms with E-state index in [1.165, 1.54) is 25.7 Å². The minimum atomic E-state index is -0.621. The van der Waals surface area contributed by atoms with E-state index in [1.54, 1.807) is 42.9 Å². The van der Waals surface area contributed by atoms with Crippen LogP contribution in [0.3, 0.4) is 0 Å². The van der Waals surface area contributed by atoms with Gasteiger partial charge in [0.15, 0.2) is 11.5 Å². The number of hydrogen-bond acceptors (Lipinski definition) is 11. The van der Waals surface area contributed by atoms with Gasteiger partial charge in [-0.05, 0) is 142 Å². The first kappa shape index (κ1) is 57.8. The lowest BCUT2D eigenvalue weighted by atomic mass is 9.84. The number of unbranched alkanes of at least 4 members (excludes halogenated alkanes) is 3. The zero-order valence-corrected chi connectivity index (χ0v) is 50.1. The molecule has 2 heterocycles. The first-order chi connectivity index (χ1) is 41.2. The maximum atomic E-state index is 14.7. The van der Waals surface area contributed by atoms with Crippen molar-refractivity contribution in [2.75, 3.05) is 46.8 Å². The Morgan fingerprint density at radius 3 is 2.06 bits per heavy atom. The fraction of sp³-hybridized carbons (Fsp3) is 0.250. The average Bonchev–Trinajstić information content (AvgIpc) is 3.80. The lowest BCUT2D eigenvalue weighted by Crippen LogP contribution is -2.45. The van der Waals surface area contributed by atoms with Crippen LogP contribution in [0.5, 0.6) is 17.2 Å². The second-order valence-electron chi connectivity index (χ2n) is 21.5. The normalized spacial score (nSPS) is 13.3. The molecule has 1 fully saturated rings. The molecule has 0 atom stereocenters. The third-order valence-electron chi connectivity index (χ3n) is 15.8. The molecule has 10 nitrogen and oxygen atoms in total. The highest BCUT2D eigenvalue weighted by Gasteiger charge is 2.37. The molecule has 0 unspecified atom stereocenters. The van der Waals surface area contributed by atoms with Gasteiger partial charge in [-0.3, -0.25) is 0 Å². The quantitative estimate of drug-likeness (QED) is 0.0139. The molecule has 12 heteroatoms. The molecule has 0 N–H and O–H groups in total. The van der Waals surface area contributed by atoms with E-state index in [4.69, 9.17) is 38.6 Å². The number of benzene rings is 8. The fourth-order valence-electron chi connectivity index (χ4n) is 10.8. The van der Waals surface area contributed by atoms with Crippen LogP contribution >= 0.6 is 27.3 Å². The van der Waals surface area contributed by atoms with Gasteiger partial charge in [0, 0.05) is 65.3 Å². The van der Waals surface area contributed by atoms with Gasteiger partial charge in [0.1, 0.15) is 11.5 Å². The Bertz CT molecular complexity index is 3860. The number of thiophene rings is 1. The predicted octanol–water partition coefficient (Wildman–Crippen LogP) is 17.5. The minimum Gasteiger partial charge on any atom is -0.493 e. The molecular formula is C72H67BrN2O8S. The van der Waals surface area contributed by atoms with E-state index < -0.39 is 11.9 Å². The van der Waals surface area contributed by atoms with Gasteiger partial charge >= 0.3 is 11.9 Å². The first-order valence-electron chi connectivity index (χ1n) is 29.0. The fourth-order valence-corrected chi connectivity index (χ4v) is 12.6. The number of carbonyl (C=O) groups excluding carboxylic acids is 2. The zero-order valence-electron chi connectivity index (χ0n) is 47.7. The largest absolute Gasteiger partial charge is 0.493 e. The van der Waals surface area contributed by atoms with Gasteiger partial charge in [0.25, 0.3) is 0 Å². The number of fused-ring (bicyclic) bond motifs is 6. The number of rotatable bonds is 25. The van der Waals surface area contributed by atoms with Crippen LogP contribution in [0.4, 0.5) is 0 Å². The Balaban J connectivity index is 0.888. The van der Waals surface area contributed by atoms with Crippen LogP contribution in [0.15, 0.2) is 178 Å². The standard InChI is InChI=1S/C72H67BrN2O8S/c1-4-16-48-25-30-51(31-26-48)70(76)82-40-37-53-41-55(44-74-75-68-60-20-10-8-17-56(60)57-18-9-11-21-61(57)68)69(83-71(77)54-33-36-63(64(42-54)78-3)81-39-15-7-6-14-38-79-45-72(5-2)46-80-47-72)62(67(53)73)34-27-49-23-28-50(29-24-49)52-32-35-59-58-19-12-13-22-65(58)84-66(59)43-52/h8-13,17-36,41-44H,4-7,14-16,37-40,45-47H2,1-3H3/b34-27+,74-44+. The van der Waals surface area contributed by atoms with Gasteiger partial charge in [-0.2, -0.15) is 5.10 Å². The Hall–Kier alpha value is -8.00. The maximum Gasteiger partial charge on any atom is 0.343 e. The van der Waals surface area contributed by atoms with Crippen LogP contribution in [0.25, 0.3) is 54.6 Å². The number of carbonyl (C=O) groups is 2. The number of ether oxygens (including phenoxy) is 6. The van der Waals surface area contributed by atoms with Gasteiger partial charge < -0.3 is 28.4 Å². The molecule has 11 rings (SSSR count). The van der Waals surface area contributed by atoms with Gasteiger partial charge in [-0.25, -0.2) is 9.59 Å².